The Balaban J connectivity index is 0.000000139. The third kappa shape index (κ3) is 5.27. The van der Waals surface area contributed by atoms with E-state index >= 15 is 0 Å². The van der Waals surface area contributed by atoms with Gasteiger partial charge in [0.1, 0.15) is 9.40 Å². The molecule has 2 heterocycles. The van der Waals surface area contributed by atoms with Crippen LogP contribution in [0.3, 0.4) is 0 Å². The van der Waals surface area contributed by atoms with Gasteiger partial charge in [0.2, 0.25) is 11.0 Å². The van der Waals surface area contributed by atoms with E-state index in [0.717, 1.165) is 53.7 Å². The minimum Gasteiger partial charge on any atom is -0.871 e. The zero-order chi connectivity index (χ0) is 32.2. The average Bonchev–Trinajstić information content (AvgIpc) is 3.78. The third-order valence-corrected chi connectivity index (χ3v) is 11.3. The second-order valence-corrected chi connectivity index (χ2v) is 13.8. The Morgan fingerprint density at radius 3 is 1.10 bits per heavy atom. The first-order valence-electron chi connectivity index (χ1n) is 15.7. The molecule has 0 spiro atoms. The van der Waals surface area contributed by atoms with Gasteiger partial charge >= 0.3 is 10.1 Å². The van der Waals surface area contributed by atoms with Crippen LogP contribution in [0.15, 0.2) is 146 Å². The van der Waals surface area contributed by atoms with Crippen LogP contribution >= 0.6 is 22.7 Å². The van der Waals surface area contributed by atoms with E-state index in [1.807, 2.05) is 84.9 Å². The van der Waals surface area contributed by atoms with Crippen molar-refractivity contribution in [2.45, 2.75) is 0 Å². The first-order chi connectivity index (χ1) is 23.6. The summed E-state index contributed by atoms with van der Waals surface area (Å²) in [6.07, 6.45) is 0. The Bertz CT molecular complexity index is 2650. The molecule has 0 saturated carbocycles. The summed E-state index contributed by atoms with van der Waals surface area (Å²) in [7, 11) is 0. The average molecular weight is 664 g/mol. The second-order valence-electron chi connectivity index (χ2n) is 11.8. The van der Waals surface area contributed by atoms with Crippen LogP contribution in [0.1, 0.15) is 0 Å². The molecule has 0 aliphatic heterocycles. The quantitative estimate of drug-likeness (QED) is 0.173. The molecule has 0 aliphatic rings. The van der Waals surface area contributed by atoms with Crippen LogP contribution in [-0.4, -0.2) is 10.1 Å². The standard InChI is InChI=1S/2C21H13NOS.Be/c2*23-19-15-7-3-1-5-13(15)9-11-17(19)21-22-18-12-10-14-6-2-4-8-16(14)20(18)24-21;/h2*1-12,23H;/q;;+2. The summed E-state index contributed by atoms with van der Waals surface area (Å²) in [5, 5.41) is 35.9. The fraction of sp³-hybridized carbons (Fsp3) is 0. The van der Waals surface area contributed by atoms with Gasteiger partial charge in [-0.2, -0.15) is 9.97 Å². The molecule has 228 valence electrons. The van der Waals surface area contributed by atoms with Gasteiger partial charge in [-0.1, -0.05) is 143 Å². The molecule has 0 fully saturated rings. The fourth-order valence-corrected chi connectivity index (χ4v) is 8.81. The van der Waals surface area contributed by atoms with Crippen LogP contribution in [0, 0.1) is 0 Å². The van der Waals surface area contributed by atoms with Crippen molar-refractivity contribution in [3.8, 4) is 32.6 Å². The minimum absolute atomic E-state index is 0. The van der Waals surface area contributed by atoms with E-state index < -0.39 is 0 Å². The van der Waals surface area contributed by atoms with E-state index in [9.17, 15) is 10.2 Å². The summed E-state index contributed by atoms with van der Waals surface area (Å²) in [5.74, 6) is 0.167. The molecule has 0 atom stereocenters. The molecule has 0 saturated heterocycles. The molecular formula is C42H26BeN2O2S2+2. The minimum atomic E-state index is 0. The molecule has 0 radical (unpaired) electrons. The fourth-order valence-electron chi connectivity index (χ4n) is 6.49. The van der Waals surface area contributed by atoms with Gasteiger partial charge in [-0.3, -0.25) is 0 Å². The zero-order valence-electron chi connectivity index (χ0n) is 26.2. The van der Waals surface area contributed by atoms with Crippen molar-refractivity contribution in [1.29, 1.82) is 0 Å². The van der Waals surface area contributed by atoms with Crippen LogP contribution in [0.4, 0.5) is 0 Å². The van der Waals surface area contributed by atoms with E-state index in [1.165, 1.54) is 30.9 Å². The van der Waals surface area contributed by atoms with Crippen molar-refractivity contribution in [3.63, 3.8) is 0 Å². The summed E-state index contributed by atoms with van der Waals surface area (Å²) in [4.78, 5) is 6.86. The van der Waals surface area contributed by atoms with Gasteiger partial charge in [0.05, 0.1) is 11.1 Å². The molecule has 7 heteroatoms. The number of rotatable bonds is 2. The number of nitrogens with one attached hydrogen (secondary N) is 2. The van der Waals surface area contributed by atoms with Gasteiger partial charge in [0.25, 0.3) is 10.0 Å². The van der Waals surface area contributed by atoms with Gasteiger partial charge in [0.15, 0.2) is 0 Å². The summed E-state index contributed by atoms with van der Waals surface area (Å²) >= 11 is 3.29. The molecule has 10 rings (SSSR count). The molecule has 10 aromatic rings. The molecule has 0 amide bonds. The van der Waals surface area contributed by atoms with Gasteiger partial charge in [-0.05, 0) is 56.6 Å². The predicted molar refractivity (Wildman–Crippen MR) is 202 cm³/mol. The Labute approximate surface area is 293 Å². The van der Waals surface area contributed by atoms with E-state index in [2.05, 4.69) is 70.6 Å². The normalized spacial score (nSPS) is 11.3. The molecular weight excluding hydrogens is 638 g/mol. The number of thiazole rings is 2. The van der Waals surface area contributed by atoms with Gasteiger partial charge in [-0.25, -0.2) is 0 Å². The van der Waals surface area contributed by atoms with Crippen molar-refractivity contribution in [2.75, 3.05) is 0 Å². The molecule has 0 bridgehead atoms. The molecule has 49 heavy (non-hydrogen) atoms. The van der Waals surface area contributed by atoms with Gasteiger partial charge in [0, 0.05) is 22.9 Å². The molecule has 0 unspecified atom stereocenters. The Hall–Kier alpha value is -5.65. The van der Waals surface area contributed by atoms with Gasteiger partial charge in [-0.15, -0.1) is 0 Å². The number of fused-ring (bicyclic) bond motifs is 8. The van der Waals surface area contributed by atoms with E-state index in [0.29, 0.717) is 0 Å². The SMILES string of the molecule is [Be+2].[O-]c1c(-c2[nH+]c3ccc4ccccc4c3s2)ccc2ccccc12.[O-]c1c(-c2[nH+]c3ccc4ccccc4c3s2)ccc2ccccc12. The topological polar surface area (TPSA) is 74.4 Å². The number of hydrogen-bond donors (Lipinski definition) is 0. The number of H-pyrrole nitrogens is 2. The second kappa shape index (κ2) is 12.4. The predicted octanol–water partition coefficient (Wildman–Crippen LogP) is 9.14. The maximum Gasteiger partial charge on any atom is 2.00 e. The van der Waals surface area contributed by atoms with Crippen LogP contribution in [0.2, 0.25) is 0 Å². The van der Waals surface area contributed by atoms with Crippen molar-refractivity contribution in [1.82, 2.24) is 0 Å². The molecule has 0 aliphatic carbocycles. The molecule has 2 aromatic heterocycles. The number of aromatic amines is 2. The summed E-state index contributed by atoms with van der Waals surface area (Å²) < 4.78 is 2.38. The zero-order valence-corrected chi connectivity index (χ0v) is 27.8. The Morgan fingerprint density at radius 1 is 0.367 bits per heavy atom. The molecule has 8 aromatic carbocycles. The van der Waals surface area contributed by atoms with E-state index in [4.69, 9.17) is 0 Å². The monoisotopic (exact) mass is 663 g/mol. The Morgan fingerprint density at radius 2 is 0.694 bits per heavy atom. The van der Waals surface area contributed by atoms with Crippen molar-refractivity contribution in [2.24, 2.45) is 0 Å². The maximum atomic E-state index is 12.9. The van der Waals surface area contributed by atoms with Crippen LogP contribution in [0.25, 0.3) is 84.7 Å². The largest absolute Gasteiger partial charge is 2.00 e. The Kier molecular flexibility index (Phi) is 7.77. The maximum absolute atomic E-state index is 12.9. The van der Waals surface area contributed by atoms with Crippen LogP contribution in [-0.2, 0) is 0 Å². The van der Waals surface area contributed by atoms with E-state index in [1.54, 1.807) is 22.7 Å². The smallest absolute Gasteiger partial charge is 0.871 e. The first-order valence-corrected chi connectivity index (χ1v) is 17.3. The number of aromatic nitrogens is 2. The summed E-state index contributed by atoms with van der Waals surface area (Å²) in [5.41, 5.74) is 3.61. The van der Waals surface area contributed by atoms with Gasteiger partial charge < -0.3 is 10.2 Å². The summed E-state index contributed by atoms with van der Waals surface area (Å²) in [6.45, 7) is 0. The van der Waals surface area contributed by atoms with E-state index in [-0.39, 0.29) is 21.6 Å². The van der Waals surface area contributed by atoms with Crippen molar-refractivity contribution < 1.29 is 20.2 Å². The first kappa shape index (κ1) is 30.7. The van der Waals surface area contributed by atoms with Crippen molar-refractivity contribution >= 4 is 96.3 Å². The van der Waals surface area contributed by atoms with Crippen LogP contribution < -0.4 is 20.2 Å². The summed E-state index contributed by atoms with van der Waals surface area (Å²) in [6, 6.07) is 48.4. The number of benzene rings is 8. The molecule has 2 N–H and O–H groups in total. The molecule has 4 nitrogen and oxygen atoms in total. The third-order valence-electron chi connectivity index (χ3n) is 8.91. The van der Waals surface area contributed by atoms with Crippen LogP contribution in [0.5, 0.6) is 11.5 Å². The number of hydrogen-bond acceptors (Lipinski definition) is 4. The van der Waals surface area contributed by atoms with Crippen molar-refractivity contribution in [3.05, 3.63) is 146 Å².